The number of nitrogens with zero attached hydrogens (tertiary/aromatic N) is 1. The van der Waals surface area contributed by atoms with Crippen LogP contribution < -0.4 is 0 Å². The van der Waals surface area contributed by atoms with Gasteiger partial charge in [0, 0.05) is 6.54 Å². The monoisotopic (exact) mass is 355 g/mol. The van der Waals surface area contributed by atoms with E-state index in [1.807, 2.05) is 0 Å². The summed E-state index contributed by atoms with van der Waals surface area (Å²) in [6, 6.07) is 4.09. The van der Waals surface area contributed by atoms with Gasteiger partial charge in [0.25, 0.3) is 0 Å². The van der Waals surface area contributed by atoms with Crippen molar-refractivity contribution in [3.05, 3.63) is 29.8 Å². The Morgan fingerprint density at radius 2 is 1.79 bits per heavy atom. The molecule has 1 atom stereocenters. The smallest absolute Gasteiger partial charge is 0.335 e. The van der Waals surface area contributed by atoms with Gasteiger partial charge in [0.15, 0.2) is 0 Å². The van der Waals surface area contributed by atoms with Crippen LogP contribution in [-0.2, 0) is 19.6 Å². The second kappa shape index (κ2) is 6.52. The van der Waals surface area contributed by atoms with Gasteiger partial charge < -0.3 is 9.84 Å². The van der Waals surface area contributed by atoms with E-state index in [9.17, 15) is 18.0 Å². The molecule has 24 heavy (non-hydrogen) atoms. The van der Waals surface area contributed by atoms with E-state index in [1.165, 1.54) is 24.3 Å². The van der Waals surface area contributed by atoms with Crippen LogP contribution in [0, 0.1) is 0 Å². The molecule has 7 nitrogen and oxygen atoms in total. The van der Waals surface area contributed by atoms with Gasteiger partial charge in [-0.3, -0.25) is 4.79 Å². The molecule has 1 N–H and O–H groups in total. The highest BCUT2D eigenvalue weighted by Crippen LogP contribution is 2.28. The molecule has 0 amide bonds. The first-order chi connectivity index (χ1) is 11.0. The number of carboxylic acid groups (broad SMARTS) is 1. The summed E-state index contributed by atoms with van der Waals surface area (Å²) in [6.45, 7) is 5.41. The zero-order valence-electron chi connectivity index (χ0n) is 13.9. The van der Waals surface area contributed by atoms with Gasteiger partial charge in [-0.15, -0.1) is 0 Å². The number of hydrogen-bond acceptors (Lipinski definition) is 5. The minimum absolute atomic E-state index is 0.000866. The van der Waals surface area contributed by atoms with E-state index < -0.39 is 33.6 Å². The average Bonchev–Trinajstić information content (AvgIpc) is 2.96. The summed E-state index contributed by atoms with van der Waals surface area (Å²) >= 11 is 0. The maximum absolute atomic E-state index is 12.8. The number of ether oxygens (including phenoxy) is 1. The van der Waals surface area contributed by atoms with Gasteiger partial charge in [0.2, 0.25) is 10.0 Å². The molecule has 0 aromatic heterocycles. The Balaban J connectivity index is 2.27. The highest BCUT2D eigenvalue weighted by atomic mass is 32.2. The van der Waals surface area contributed by atoms with Crippen molar-refractivity contribution in [3.63, 3.8) is 0 Å². The summed E-state index contributed by atoms with van der Waals surface area (Å²) in [5.41, 5.74) is -0.697. The van der Waals surface area contributed by atoms with Crippen LogP contribution in [0.3, 0.4) is 0 Å². The Hall–Kier alpha value is -1.93. The van der Waals surface area contributed by atoms with Gasteiger partial charge in [-0.2, -0.15) is 4.31 Å². The Morgan fingerprint density at radius 1 is 1.21 bits per heavy atom. The molecule has 0 saturated carbocycles. The average molecular weight is 355 g/mol. The van der Waals surface area contributed by atoms with Crippen molar-refractivity contribution in [2.45, 2.75) is 50.2 Å². The Bertz CT molecular complexity index is 733. The Labute approximate surface area is 141 Å². The topological polar surface area (TPSA) is 101 Å². The summed E-state index contributed by atoms with van der Waals surface area (Å²) in [5, 5.41) is 8.89. The lowest BCUT2D eigenvalue weighted by atomic mass is 10.2. The standard InChI is InChI=1S/C16H21NO6S/c1-16(2,3)23-15(20)13-5-4-10-17(13)24(21,22)12-8-6-11(7-9-12)14(18)19/h6-9,13H,4-5,10H2,1-3H3,(H,18,19)/t13-/m1/s1. The number of carbonyl (C=O) groups is 2. The van der Waals surface area contributed by atoms with Crippen LogP contribution in [0.4, 0.5) is 0 Å². The lowest BCUT2D eigenvalue weighted by molar-refractivity contribution is -0.158. The predicted octanol–water partition coefficient (Wildman–Crippen LogP) is 1.88. The van der Waals surface area contributed by atoms with Gasteiger partial charge in [0.05, 0.1) is 10.5 Å². The number of rotatable bonds is 4. The number of esters is 1. The molecular formula is C16H21NO6S. The van der Waals surface area contributed by atoms with Crippen molar-refractivity contribution in [1.29, 1.82) is 0 Å². The molecular weight excluding hydrogens is 334 g/mol. The van der Waals surface area contributed by atoms with Crippen molar-refractivity contribution < 1.29 is 27.9 Å². The summed E-state index contributed by atoms with van der Waals surface area (Å²) < 4.78 is 32.0. The van der Waals surface area contributed by atoms with Crippen molar-refractivity contribution in [2.75, 3.05) is 6.54 Å². The van der Waals surface area contributed by atoms with Gasteiger partial charge in [-0.1, -0.05) is 0 Å². The zero-order valence-corrected chi connectivity index (χ0v) is 14.7. The first-order valence-electron chi connectivity index (χ1n) is 7.60. The number of sulfonamides is 1. The van der Waals surface area contributed by atoms with Gasteiger partial charge in [-0.25, -0.2) is 13.2 Å². The molecule has 1 aromatic carbocycles. The lowest BCUT2D eigenvalue weighted by Crippen LogP contribution is -2.43. The fourth-order valence-corrected chi connectivity index (χ4v) is 4.18. The Morgan fingerprint density at radius 3 is 2.29 bits per heavy atom. The predicted molar refractivity (Wildman–Crippen MR) is 86.2 cm³/mol. The second-order valence-corrected chi connectivity index (χ2v) is 8.53. The van der Waals surface area contributed by atoms with Crippen LogP contribution in [0.1, 0.15) is 44.0 Å². The molecule has 0 radical (unpaired) electrons. The molecule has 1 heterocycles. The third kappa shape index (κ3) is 3.93. The fraction of sp³-hybridized carbons (Fsp3) is 0.500. The van der Waals surface area contributed by atoms with Crippen molar-refractivity contribution in [1.82, 2.24) is 4.31 Å². The SMILES string of the molecule is CC(C)(C)OC(=O)[C@H]1CCCN1S(=O)(=O)c1ccc(C(=O)O)cc1. The van der Waals surface area contributed by atoms with Gasteiger partial charge in [-0.05, 0) is 57.9 Å². The number of aromatic carboxylic acids is 1. The minimum Gasteiger partial charge on any atom is -0.478 e. The van der Waals surface area contributed by atoms with Crippen molar-refractivity contribution in [2.24, 2.45) is 0 Å². The van der Waals surface area contributed by atoms with E-state index in [0.29, 0.717) is 12.8 Å². The molecule has 2 rings (SSSR count). The third-order valence-corrected chi connectivity index (χ3v) is 5.51. The number of benzene rings is 1. The largest absolute Gasteiger partial charge is 0.478 e. The third-order valence-electron chi connectivity index (χ3n) is 3.59. The summed E-state index contributed by atoms with van der Waals surface area (Å²) in [4.78, 5) is 23.1. The molecule has 1 aromatic rings. The quantitative estimate of drug-likeness (QED) is 0.828. The zero-order chi connectivity index (χ0) is 18.1. The first-order valence-corrected chi connectivity index (χ1v) is 9.04. The highest BCUT2D eigenvalue weighted by molar-refractivity contribution is 7.89. The maximum atomic E-state index is 12.8. The lowest BCUT2D eigenvalue weighted by Gasteiger charge is -2.27. The highest BCUT2D eigenvalue weighted by Gasteiger charge is 2.41. The Kier molecular flexibility index (Phi) is 5.00. The first kappa shape index (κ1) is 18.4. The van der Waals surface area contributed by atoms with Crippen molar-refractivity contribution >= 4 is 22.0 Å². The molecule has 1 aliphatic heterocycles. The van der Waals surface area contributed by atoms with Gasteiger partial charge in [0.1, 0.15) is 11.6 Å². The summed E-state index contributed by atoms with van der Waals surface area (Å²) in [5.74, 6) is -1.70. The van der Waals surface area contributed by atoms with Crippen LogP contribution >= 0.6 is 0 Å². The fourth-order valence-electron chi connectivity index (χ4n) is 2.54. The minimum atomic E-state index is -3.89. The summed E-state index contributed by atoms with van der Waals surface area (Å²) in [7, 11) is -3.89. The number of hydrogen-bond donors (Lipinski definition) is 1. The van der Waals surface area contributed by atoms with E-state index >= 15 is 0 Å². The van der Waals surface area contributed by atoms with Crippen LogP contribution in [0.25, 0.3) is 0 Å². The molecule has 132 valence electrons. The molecule has 0 bridgehead atoms. The van der Waals surface area contributed by atoms with Crippen molar-refractivity contribution in [3.8, 4) is 0 Å². The van der Waals surface area contributed by atoms with Gasteiger partial charge >= 0.3 is 11.9 Å². The van der Waals surface area contributed by atoms with E-state index in [1.54, 1.807) is 20.8 Å². The summed E-state index contributed by atoms with van der Waals surface area (Å²) in [6.07, 6.45) is 0.970. The molecule has 1 aliphatic rings. The number of carboxylic acids is 1. The second-order valence-electron chi connectivity index (χ2n) is 6.64. The van der Waals surface area contributed by atoms with E-state index in [2.05, 4.69) is 0 Å². The molecule has 0 aliphatic carbocycles. The molecule has 1 fully saturated rings. The molecule has 0 spiro atoms. The molecule has 1 saturated heterocycles. The molecule has 0 unspecified atom stereocenters. The van der Waals surface area contributed by atoms with E-state index in [-0.39, 0.29) is 17.0 Å². The maximum Gasteiger partial charge on any atom is 0.335 e. The van der Waals surface area contributed by atoms with E-state index in [0.717, 1.165) is 4.31 Å². The van der Waals surface area contributed by atoms with Crippen LogP contribution in [0.2, 0.25) is 0 Å². The van der Waals surface area contributed by atoms with Crippen LogP contribution in [-0.4, -0.2) is 48.0 Å². The number of carbonyl (C=O) groups excluding carboxylic acids is 1. The normalized spacial score (nSPS) is 19.2. The molecule has 8 heteroatoms. The van der Waals surface area contributed by atoms with Crippen LogP contribution in [0.15, 0.2) is 29.2 Å². The van der Waals surface area contributed by atoms with Crippen LogP contribution in [0.5, 0.6) is 0 Å². The van der Waals surface area contributed by atoms with E-state index in [4.69, 9.17) is 9.84 Å².